The Hall–Kier alpha value is -1.42. The predicted octanol–water partition coefficient (Wildman–Crippen LogP) is 0.539. The van der Waals surface area contributed by atoms with E-state index in [1.165, 1.54) is 0 Å². The minimum atomic E-state index is -3.23. The summed E-state index contributed by atoms with van der Waals surface area (Å²) in [5.74, 6) is -0.209. The van der Waals surface area contributed by atoms with Gasteiger partial charge in [0, 0.05) is 6.26 Å². The zero-order valence-electron chi connectivity index (χ0n) is 9.94. The van der Waals surface area contributed by atoms with Gasteiger partial charge in [0.25, 0.3) is 0 Å². The molecule has 0 saturated carbocycles. The van der Waals surface area contributed by atoms with Gasteiger partial charge in [0.1, 0.15) is 6.10 Å². The van der Waals surface area contributed by atoms with Crippen LogP contribution in [0.4, 0.5) is 0 Å². The summed E-state index contributed by atoms with van der Waals surface area (Å²) in [4.78, 5) is 0. The van der Waals surface area contributed by atoms with Crippen LogP contribution in [0.5, 0.6) is 0 Å². The Labute approximate surface area is 106 Å². The molecule has 6 heteroatoms. The topological polar surface area (TPSA) is 98.4 Å². The summed E-state index contributed by atoms with van der Waals surface area (Å²) in [6.45, 7) is 0. The van der Waals surface area contributed by atoms with Gasteiger partial charge in [-0.1, -0.05) is 24.3 Å². The first-order valence-electron chi connectivity index (χ1n) is 5.33. The maximum atomic E-state index is 11.3. The highest BCUT2D eigenvalue weighted by atomic mass is 32.2. The quantitative estimate of drug-likeness (QED) is 0.813. The standard InChI is InChI=1S/C12H15NO4S/c1-18(16,17)8-9-4-2-3-5-10(9)12(15)11(14)6-7-13/h2-5,11-12,14-15H,6,8H2,1H3. The van der Waals surface area contributed by atoms with Gasteiger partial charge in [-0.3, -0.25) is 0 Å². The van der Waals surface area contributed by atoms with E-state index in [2.05, 4.69) is 0 Å². The summed E-state index contributed by atoms with van der Waals surface area (Å²) in [5.41, 5.74) is 0.773. The van der Waals surface area contributed by atoms with Gasteiger partial charge in [0.2, 0.25) is 0 Å². The fraction of sp³-hybridized carbons (Fsp3) is 0.417. The molecular weight excluding hydrogens is 254 g/mol. The molecule has 0 aliphatic carbocycles. The summed E-state index contributed by atoms with van der Waals surface area (Å²) in [7, 11) is -3.23. The van der Waals surface area contributed by atoms with Crippen LogP contribution >= 0.6 is 0 Å². The fourth-order valence-corrected chi connectivity index (χ4v) is 2.48. The van der Waals surface area contributed by atoms with Crippen LogP contribution < -0.4 is 0 Å². The second kappa shape index (κ2) is 5.96. The summed E-state index contributed by atoms with van der Waals surface area (Å²) in [6, 6.07) is 8.19. The molecule has 1 aromatic rings. The maximum Gasteiger partial charge on any atom is 0.151 e. The van der Waals surface area contributed by atoms with Crippen LogP contribution in [0.25, 0.3) is 0 Å². The van der Waals surface area contributed by atoms with Gasteiger partial charge in [-0.25, -0.2) is 8.42 Å². The fourth-order valence-electron chi connectivity index (χ4n) is 1.65. The van der Waals surface area contributed by atoms with Gasteiger partial charge in [-0.05, 0) is 11.1 Å². The molecule has 2 unspecified atom stereocenters. The SMILES string of the molecule is CS(=O)(=O)Cc1ccccc1C(O)C(O)CC#N. The number of benzene rings is 1. The Bertz CT molecular complexity index is 547. The molecule has 0 bridgehead atoms. The molecule has 5 nitrogen and oxygen atoms in total. The van der Waals surface area contributed by atoms with E-state index in [4.69, 9.17) is 5.26 Å². The lowest BCUT2D eigenvalue weighted by molar-refractivity contribution is 0.0212. The van der Waals surface area contributed by atoms with Crippen molar-refractivity contribution in [3.8, 4) is 6.07 Å². The van der Waals surface area contributed by atoms with Crippen molar-refractivity contribution in [2.24, 2.45) is 0 Å². The number of aliphatic hydroxyl groups is 2. The van der Waals surface area contributed by atoms with Crippen LogP contribution in [-0.4, -0.2) is 31.0 Å². The number of hydrogen-bond acceptors (Lipinski definition) is 5. The Morgan fingerprint density at radius 3 is 2.50 bits per heavy atom. The molecule has 0 radical (unpaired) electrons. The van der Waals surface area contributed by atoms with Crippen LogP contribution in [-0.2, 0) is 15.6 Å². The third kappa shape index (κ3) is 4.11. The van der Waals surface area contributed by atoms with E-state index < -0.39 is 22.0 Å². The number of nitriles is 1. The van der Waals surface area contributed by atoms with E-state index in [1.54, 1.807) is 30.3 Å². The second-order valence-corrected chi connectivity index (χ2v) is 6.28. The molecule has 2 atom stereocenters. The summed E-state index contributed by atoms with van der Waals surface area (Å²) in [5, 5.41) is 27.9. The van der Waals surface area contributed by atoms with Gasteiger partial charge in [0.05, 0.1) is 24.3 Å². The van der Waals surface area contributed by atoms with E-state index in [1.807, 2.05) is 0 Å². The van der Waals surface area contributed by atoms with E-state index in [0.717, 1.165) is 6.26 Å². The molecule has 0 saturated heterocycles. The smallest absolute Gasteiger partial charge is 0.151 e. The van der Waals surface area contributed by atoms with Crippen molar-refractivity contribution < 1.29 is 18.6 Å². The summed E-state index contributed by atoms with van der Waals surface area (Å²) < 4.78 is 22.5. The lowest BCUT2D eigenvalue weighted by Crippen LogP contribution is -2.19. The third-order valence-corrected chi connectivity index (χ3v) is 3.29. The third-order valence-electron chi connectivity index (χ3n) is 2.46. The molecule has 18 heavy (non-hydrogen) atoms. The van der Waals surface area contributed by atoms with Gasteiger partial charge in [-0.2, -0.15) is 5.26 Å². The van der Waals surface area contributed by atoms with Crippen LogP contribution in [0.15, 0.2) is 24.3 Å². The lowest BCUT2D eigenvalue weighted by Gasteiger charge is -2.18. The van der Waals surface area contributed by atoms with Gasteiger partial charge in [0.15, 0.2) is 9.84 Å². The van der Waals surface area contributed by atoms with E-state index in [9.17, 15) is 18.6 Å². The molecule has 2 N–H and O–H groups in total. The van der Waals surface area contributed by atoms with Crippen LogP contribution in [0.3, 0.4) is 0 Å². The molecule has 0 aromatic heterocycles. The molecule has 1 aromatic carbocycles. The Morgan fingerprint density at radius 2 is 1.94 bits per heavy atom. The average molecular weight is 269 g/mol. The number of nitrogens with zero attached hydrogens (tertiary/aromatic N) is 1. The van der Waals surface area contributed by atoms with Crippen molar-refractivity contribution in [3.05, 3.63) is 35.4 Å². The molecule has 1 rings (SSSR count). The Balaban J connectivity index is 3.06. The monoisotopic (exact) mass is 269 g/mol. The molecule has 0 aliphatic rings. The average Bonchev–Trinajstić information content (AvgIpc) is 2.27. The molecule has 0 heterocycles. The minimum Gasteiger partial charge on any atom is -0.389 e. The van der Waals surface area contributed by atoms with Crippen molar-refractivity contribution in [1.29, 1.82) is 5.26 Å². The maximum absolute atomic E-state index is 11.3. The van der Waals surface area contributed by atoms with Gasteiger partial charge in [-0.15, -0.1) is 0 Å². The Kier molecular flexibility index (Phi) is 4.84. The second-order valence-electron chi connectivity index (χ2n) is 4.14. The minimum absolute atomic E-state index is 0.209. The van der Waals surface area contributed by atoms with Crippen molar-refractivity contribution in [1.82, 2.24) is 0 Å². The van der Waals surface area contributed by atoms with Crippen LogP contribution in [0, 0.1) is 11.3 Å². The normalized spacial score (nSPS) is 14.8. The van der Waals surface area contributed by atoms with Crippen molar-refractivity contribution in [2.75, 3.05) is 6.26 Å². The summed E-state index contributed by atoms with van der Waals surface area (Å²) in [6.07, 6.45) is -1.60. The largest absolute Gasteiger partial charge is 0.389 e. The van der Waals surface area contributed by atoms with Crippen LogP contribution in [0.2, 0.25) is 0 Å². The lowest BCUT2D eigenvalue weighted by atomic mass is 9.98. The van der Waals surface area contributed by atoms with Gasteiger partial charge >= 0.3 is 0 Å². The zero-order chi connectivity index (χ0) is 13.8. The van der Waals surface area contributed by atoms with Crippen molar-refractivity contribution >= 4 is 9.84 Å². The molecule has 98 valence electrons. The first-order valence-corrected chi connectivity index (χ1v) is 7.40. The molecule has 0 amide bonds. The highest BCUT2D eigenvalue weighted by molar-refractivity contribution is 7.89. The molecule has 0 spiro atoms. The number of aliphatic hydroxyl groups excluding tert-OH is 2. The predicted molar refractivity (Wildman–Crippen MR) is 66.2 cm³/mol. The number of rotatable bonds is 5. The first kappa shape index (κ1) is 14.6. The molecule has 0 fully saturated rings. The van der Waals surface area contributed by atoms with Crippen LogP contribution in [0.1, 0.15) is 23.7 Å². The Morgan fingerprint density at radius 1 is 1.33 bits per heavy atom. The summed E-state index contributed by atoms with van der Waals surface area (Å²) >= 11 is 0. The number of hydrogen-bond donors (Lipinski definition) is 2. The highest BCUT2D eigenvalue weighted by Crippen LogP contribution is 2.23. The van der Waals surface area contributed by atoms with E-state index >= 15 is 0 Å². The highest BCUT2D eigenvalue weighted by Gasteiger charge is 2.21. The van der Waals surface area contributed by atoms with Crippen molar-refractivity contribution in [3.63, 3.8) is 0 Å². The molecule has 0 aliphatic heterocycles. The zero-order valence-corrected chi connectivity index (χ0v) is 10.8. The number of sulfone groups is 1. The van der Waals surface area contributed by atoms with E-state index in [0.29, 0.717) is 11.1 Å². The first-order chi connectivity index (χ1) is 8.35. The van der Waals surface area contributed by atoms with Gasteiger partial charge < -0.3 is 10.2 Å². The van der Waals surface area contributed by atoms with E-state index in [-0.39, 0.29) is 12.2 Å². The molecular formula is C12H15NO4S. The van der Waals surface area contributed by atoms with Crippen molar-refractivity contribution in [2.45, 2.75) is 24.4 Å².